The first-order chi connectivity index (χ1) is 15.6. The topological polar surface area (TPSA) is 94.0 Å². The van der Waals surface area contributed by atoms with Gasteiger partial charge in [-0.1, -0.05) is 42.3 Å². The maximum atomic E-state index is 14.5. The van der Waals surface area contributed by atoms with Crippen LogP contribution in [0.5, 0.6) is 0 Å². The summed E-state index contributed by atoms with van der Waals surface area (Å²) in [6.45, 7) is 1.02. The second-order valence-electron chi connectivity index (χ2n) is 7.88. The van der Waals surface area contributed by atoms with Crippen LogP contribution < -0.4 is 10.6 Å². The molecule has 0 radical (unpaired) electrons. The highest BCUT2D eigenvalue weighted by Crippen LogP contribution is 2.35. The van der Waals surface area contributed by atoms with Crippen molar-refractivity contribution < 1.29 is 13.6 Å². The van der Waals surface area contributed by atoms with E-state index in [1.807, 2.05) is 0 Å². The van der Waals surface area contributed by atoms with E-state index in [9.17, 15) is 13.6 Å². The van der Waals surface area contributed by atoms with E-state index >= 15 is 0 Å². The van der Waals surface area contributed by atoms with E-state index in [4.69, 9.17) is 28.6 Å². The molecule has 176 valence electrons. The molecule has 1 aliphatic rings. The molecule has 1 saturated heterocycles. The zero-order valence-corrected chi connectivity index (χ0v) is 19.6. The number of hydrogen-bond donors (Lipinski definition) is 3. The second-order valence-corrected chi connectivity index (χ2v) is 8.75. The number of rotatable bonds is 7. The van der Waals surface area contributed by atoms with Gasteiger partial charge in [0, 0.05) is 36.8 Å². The highest BCUT2D eigenvalue weighted by atomic mass is 35.5. The summed E-state index contributed by atoms with van der Waals surface area (Å²) in [7, 11) is 1.62. The van der Waals surface area contributed by atoms with Gasteiger partial charge in [0.05, 0.1) is 30.0 Å². The molecule has 7 nitrogen and oxygen atoms in total. The van der Waals surface area contributed by atoms with Gasteiger partial charge in [0.15, 0.2) is 0 Å². The number of hydrogen-bond acceptors (Lipinski definition) is 6. The highest BCUT2D eigenvalue weighted by Gasteiger charge is 2.46. The molecule has 0 spiro atoms. The summed E-state index contributed by atoms with van der Waals surface area (Å²) in [6.07, 6.45) is 3.93. The van der Waals surface area contributed by atoms with Crippen molar-refractivity contribution in [3.63, 3.8) is 0 Å². The maximum absolute atomic E-state index is 14.5. The number of nitrogens with one attached hydrogen (secondary N) is 3. The Morgan fingerprint density at radius 2 is 2.00 bits per heavy atom. The van der Waals surface area contributed by atoms with E-state index in [2.05, 4.69) is 20.6 Å². The van der Waals surface area contributed by atoms with Gasteiger partial charge in [-0.3, -0.25) is 10.2 Å². The van der Waals surface area contributed by atoms with E-state index in [1.165, 1.54) is 18.6 Å². The lowest BCUT2D eigenvalue weighted by Gasteiger charge is -2.43. The number of aromatic nitrogens is 2. The standard InChI is InChI=1S/C22H24Cl2F2N6O/c1-13-7-22(25,26)12-32(18(13)11-31-21-29-8-16(24)9-30-21)20(33)19(27)17(10-28-2)14-4-3-5-15(23)6-14/h3-6,8-10,13,18,27-28H,7,11-12H2,1-2H3,(H,29,30,31)/b17-10-,27-19?. The fourth-order valence-electron chi connectivity index (χ4n) is 3.84. The molecular weight excluding hydrogens is 473 g/mol. The summed E-state index contributed by atoms with van der Waals surface area (Å²) in [6, 6.07) is 6.06. The van der Waals surface area contributed by atoms with Gasteiger partial charge >= 0.3 is 0 Å². The first-order valence-electron chi connectivity index (χ1n) is 10.2. The van der Waals surface area contributed by atoms with E-state index in [-0.39, 0.29) is 24.5 Å². The molecule has 2 atom stereocenters. The first kappa shape index (κ1) is 24.9. The SMILES string of the molecule is CN/C=C(\C(=N)C(=O)N1CC(F)(F)CC(C)C1CNc1ncc(Cl)cn1)c1cccc(Cl)c1. The van der Waals surface area contributed by atoms with E-state index in [1.54, 1.807) is 38.2 Å². The molecule has 1 amide bonds. The van der Waals surface area contributed by atoms with Gasteiger partial charge < -0.3 is 15.5 Å². The van der Waals surface area contributed by atoms with Crippen molar-refractivity contribution in [2.75, 3.05) is 25.5 Å². The zero-order valence-electron chi connectivity index (χ0n) is 18.1. The lowest BCUT2D eigenvalue weighted by molar-refractivity contribution is -0.145. The van der Waals surface area contributed by atoms with Gasteiger partial charge in [0.25, 0.3) is 11.8 Å². The minimum atomic E-state index is -3.06. The van der Waals surface area contributed by atoms with Crippen LogP contribution in [0.1, 0.15) is 18.9 Å². The van der Waals surface area contributed by atoms with E-state index < -0.39 is 36.0 Å². The molecule has 1 aliphatic heterocycles. The third-order valence-corrected chi connectivity index (χ3v) is 5.77. The lowest BCUT2D eigenvalue weighted by atomic mass is 9.87. The fraction of sp³-hybridized carbons (Fsp3) is 0.364. The zero-order chi connectivity index (χ0) is 24.2. The normalized spacial score (nSPS) is 20.3. The van der Waals surface area contributed by atoms with Crippen LogP contribution in [0.4, 0.5) is 14.7 Å². The molecule has 0 aliphatic carbocycles. The van der Waals surface area contributed by atoms with E-state index in [0.717, 1.165) is 4.90 Å². The van der Waals surface area contributed by atoms with Gasteiger partial charge in [-0.2, -0.15) is 0 Å². The molecule has 0 bridgehead atoms. The summed E-state index contributed by atoms with van der Waals surface area (Å²) >= 11 is 11.9. The monoisotopic (exact) mass is 496 g/mol. The van der Waals surface area contributed by atoms with Crippen LogP contribution in [0, 0.1) is 11.3 Å². The highest BCUT2D eigenvalue weighted by molar-refractivity contribution is 6.54. The third kappa shape index (κ3) is 6.17. The van der Waals surface area contributed by atoms with Crippen molar-refractivity contribution in [2.45, 2.75) is 25.3 Å². The van der Waals surface area contributed by atoms with Crippen LogP contribution in [0.3, 0.4) is 0 Å². The first-order valence-corrected chi connectivity index (χ1v) is 11.0. The third-order valence-electron chi connectivity index (χ3n) is 5.34. The Morgan fingerprint density at radius 1 is 1.30 bits per heavy atom. The molecule has 0 saturated carbocycles. The molecule has 3 N–H and O–H groups in total. The van der Waals surface area contributed by atoms with Gasteiger partial charge in [-0.05, 0) is 23.6 Å². The molecule has 2 unspecified atom stereocenters. The Bertz CT molecular complexity index is 1050. The molecule has 1 aromatic heterocycles. The number of benzene rings is 1. The lowest BCUT2D eigenvalue weighted by Crippen LogP contribution is -2.58. The Hall–Kier alpha value is -2.78. The molecule has 11 heteroatoms. The van der Waals surface area contributed by atoms with Crippen LogP contribution in [0.15, 0.2) is 42.9 Å². The Labute approximate surface area is 200 Å². The van der Waals surface area contributed by atoms with Gasteiger partial charge in [0.2, 0.25) is 5.95 Å². The van der Waals surface area contributed by atoms with Crippen molar-refractivity contribution in [1.29, 1.82) is 5.41 Å². The minimum Gasteiger partial charge on any atom is -0.393 e. The summed E-state index contributed by atoms with van der Waals surface area (Å²) < 4.78 is 28.9. The van der Waals surface area contributed by atoms with Gasteiger partial charge in [-0.25, -0.2) is 18.7 Å². The van der Waals surface area contributed by atoms with Crippen molar-refractivity contribution in [3.05, 3.63) is 58.5 Å². The van der Waals surface area contributed by atoms with Crippen molar-refractivity contribution in [2.24, 2.45) is 5.92 Å². The van der Waals surface area contributed by atoms with Crippen LogP contribution >= 0.6 is 23.2 Å². The van der Waals surface area contributed by atoms with Gasteiger partial charge in [0.1, 0.15) is 5.71 Å². The number of carbonyl (C=O) groups is 1. The number of nitrogens with zero attached hydrogens (tertiary/aromatic N) is 3. The number of amides is 1. The van der Waals surface area contributed by atoms with Crippen LogP contribution in [0.25, 0.3) is 5.57 Å². The molecule has 33 heavy (non-hydrogen) atoms. The smallest absolute Gasteiger partial charge is 0.272 e. The Morgan fingerprint density at radius 3 is 2.64 bits per heavy atom. The molecule has 2 aromatic rings. The number of carbonyl (C=O) groups excluding carboxylic acids is 1. The van der Waals surface area contributed by atoms with Crippen LogP contribution in [0.2, 0.25) is 10.0 Å². The number of likely N-dealkylation sites (tertiary alicyclic amines) is 1. The van der Waals surface area contributed by atoms with Crippen molar-refractivity contribution >= 4 is 46.3 Å². The second kappa shape index (κ2) is 10.4. The predicted octanol–water partition coefficient (Wildman–Crippen LogP) is 4.35. The minimum absolute atomic E-state index is 0.139. The molecular formula is C22H24Cl2F2N6O. The van der Waals surface area contributed by atoms with Crippen molar-refractivity contribution in [1.82, 2.24) is 20.2 Å². The Balaban J connectivity index is 1.87. The quantitative estimate of drug-likeness (QED) is 0.495. The van der Waals surface area contributed by atoms with Crippen molar-refractivity contribution in [3.8, 4) is 0 Å². The van der Waals surface area contributed by atoms with Crippen LogP contribution in [-0.2, 0) is 4.79 Å². The average molecular weight is 497 g/mol. The number of piperidine rings is 1. The largest absolute Gasteiger partial charge is 0.393 e. The van der Waals surface area contributed by atoms with Crippen LogP contribution in [-0.4, -0.2) is 58.6 Å². The number of anilines is 1. The molecule has 1 aromatic carbocycles. The fourth-order valence-corrected chi connectivity index (χ4v) is 4.13. The molecule has 3 rings (SSSR count). The molecule has 2 heterocycles. The average Bonchev–Trinajstić information content (AvgIpc) is 2.76. The Kier molecular flexibility index (Phi) is 7.86. The summed E-state index contributed by atoms with van der Waals surface area (Å²) in [5, 5.41) is 15.1. The maximum Gasteiger partial charge on any atom is 0.272 e. The number of alkyl halides is 2. The van der Waals surface area contributed by atoms with Gasteiger partial charge in [-0.15, -0.1) is 0 Å². The summed E-state index contributed by atoms with van der Waals surface area (Å²) in [5.41, 5.74) is 0.361. The predicted molar refractivity (Wildman–Crippen MR) is 126 cm³/mol. The summed E-state index contributed by atoms with van der Waals surface area (Å²) in [4.78, 5) is 22.5. The van der Waals surface area contributed by atoms with E-state index in [0.29, 0.717) is 15.6 Å². The number of halogens is 4. The summed E-state index contributed by atoms with van der Waals surface area (Å²) in [5.74, 6) is -4.13. The molecule has 1 fully saturated rings.